The van der Waals surface area contributed by atoms with Gasteiger partial charge in [-0.15, -0.1) is 11.6 Å². The van der Waals surface area contributed by atoms with Crippen molar-refractivity contribution in [3.05, 3.63) is 0 Å². The van der Waals surface area contributed by atoms with Crippen LogP contribution in [0, 0.1) is 5.41 Å². The van der Waals surface area contributed by atoms with Gasteiger partial charge in [-0.2, -0.15) is 0 Å². The van der Waals surface area contributed by atoms with Gasteiger partial charge in [-0.3, -0.25) is 0 Å². The van der Waals surface area contributed by atoms with Gasteiger partial charge in [0.25, 0.3) is 0 Å². The van der Waals surface area contributed by atoms with Crippen molar-refractivity contribution in [1.29, 1.82) is 0 Å². The molecule has 0 bridgehead atoms. The maximum atomic E-state index is 5.74. The first-order chi connectivity index (χ1) is 5.02. The van der Waals surface area contributed by atoms with Crippen LogP contribution >= 0.6 is 11.6 Å². The maximum Gasteiger partial charge on any atom is 0.0544 e. The summed E-state index contributed by atoms with van der Waals surface area (Å²) in [6, 6.07) is 0. The van der Waals surface area contributed by atoms with Crippen LogP contribution < -0.4 is 0 Å². The quantitative estimate of drug-likeness (QED) is 0.588. The summed E-state index contributed by atoms with van der Waals surface area (Å²) >= 11 is 5.74. The number of ether oxygens (including phenoxy) is 1. The van der Waals surface area contributed by atoms with Crippen LogP contribution in [-0.2, 0) is 4.74 Å². The third-order valence-electron chi connectivity index (χ3n) is 1.70. The molecule has 1 atom stereocenters. The highest BCUT2D eigenvalue weighted by Crippen LogP contribution is 2.18. The summed E-state index contributed by atoms with van der Waals surface area (Å²) in [7, 11) is 0. The Morgan fingerprint density at radius 2 is 2.00 bits per heavy atom. The minimum atomic E-state index is 0.116. The van der Waals surface area contributed by atoms with E-state index in [1.165, 1.54) is 0 Å². The van der Waals surface area contributed by atoms with Crippen molar-refractivity contribution in [2.45, 2.75) is 40.2 Å². The van der Waals surface area contributed by atoms with Crippen molar-refractivity contribution in [3.63, 3.8) is 0 Å². The zero-order valence-corrected chi connectivity index (χ0v) is 8.74. The zero-order chi connectivity index (χ0) is 8.91. The van der Waals surface area contributed by atoms with Crippen molar-refractivity contribution < 1.29 is 4.74 Å². The maximum absolute atomic E-state index is 5.74. The lowest BCUT2D eigenvalue weighted by Gasteiger charge is -2.23. The van der Waals surface area contributed by atoms with E-state index in [2.05, 4.69) is 27.7 Å². The normalized spacial score (nSPS) is 15.0. The average molecular weight is 179 g/mol. The zero-order valence-electron chi connectivity index (χ0n) is 7.98. The Morgan fingerprint density at radius 3 is 2.36 bits per heavy atom. The minimum absolute atomic E-state index is 0.116. The fourth-order valence-corrected chi connectivity index (χ4v) is 0.601. The molecule has 0 aromatic rings. The molecular weight excluding hydrogens is 160 g/mol. The molecule has 0 rings (SSSR count). The van der Waals surface area contributed by atoms with E-state index in [-0.39, 0.29) is 5.41 Å². The highest BCUT2D eigenvalue weighted by molar-refractivity contribution is 6.18. The van der Waals surface area contributed by atoms with Gasteiger partial charge in [0.2, 0.25) is 0 Å². The molecular formula is C9H19ClO. The van der Waals surface area contributed by atoms with Gasteiger partial charge in [-0.1, -0.05) is 20.8 Å². The molecule has 1 unspecified atom stereocenters. The Kier molecular flexibility index (Phi) is 5.11. The Morgan fingerprint density at radius 1 is 1.45 bits per heavy atom. The van der Waals surface area contributed by atoms with E-state index in [9.17, 15) is 0 Å². The molecule has 0 saturated carbocycles. The Bertz CT molecular complexity index is 102. The average Bonchev–Trinajstić information content (AvgIpc) is 2.00. The molecule has 0 radical (unpaired) electrons. The van der Waals surface area contributed by atoms with Crippen LogP contribution in [0.2, 0.25) is 0 Å². The molecule has 0 aromatic carbocycles. The third kappa shape index (κ3) is 5.51. The second-order valence-electron chi connectivity index (χ2n) is 3.83. The molecule has 68 valence electrons. The number of rotatable bonds is 5. The minimum Gasteiger partial charge on any atom is -0.378 e. The van der Waals surface area contributed by atoms with Crippen LogP contribution in [0.4, 0.5) is 0 Å². The van der Waals surface area contributed by atoms with Crippen LogP contribution in [0.3, 0.4) is 0 Å². The summed E-state index contributed by atoms with van der Waals surface area (Å²) in [6.45, 7) is 9.19. The molecule has 0 aromatic heterocycles. The van der Waals surface area contributed by atoms with Crippen molar-refractivity contribution in [1.82, 2.24) is 0 Å². The first-order valence-corrected chi connectivity index (χ1v) is 4.73. The standard InChI is InChI=1S/C9H19ClO/c1-5-8(2)11-7-9(3,4)6-10/h8H,5-7H2,1-4H3. The summed E-state index contributed by atoms with van der Waals surface area (Å²) in [6.07, 6.45) is 1.43. The van der Waals surface area contributed by atoms with E-state index in [1.54, 1.807) is 0 Å². The third-order valence-corrected chi connectivity index (χ3v) is 2.42. The van der Waals surface area contributed by atoms with Gasteiger partial charge in [0.15, 0.2) is 0 Å². The first kappa shape index (κ1) is 11.2. The molecule has 1 nitrogen and oxygen atoms in total. The second kappa shape index (κ2) is 5.00. The Hall–Kier alpha value is 0.250. The van der Waals surface area contributed by atoms with E-state index in [1.807, 2.05) is 0 Å². The molecule has 0 N–H and O–H groups in total. The summed E-state index contributed by atoms with van der Waals surface area (Å²) in [4.78, 5) is 0. The molecule has 0 spiro atoms. The van der Waals surface area contributed by atoms with E-state index >= 15 is 0 Å². The van der Waals surface area contributed by atoms with Gasteiger partial charge < -0.3 is 4.74 Å². The molecule has 11 heavy (non-hydrogen) atoms. The lowest BCUT2D eigenvalue weighted by molar-refractivity contribution is 0.0181. The van der Waals surface area contributed by atoms with Gasteiger partial charge in [-0.25, -0.2) is 0 Å². The van der Waals surface area contributed by atoms with Gasteiger partial charge in [0.05, 0.1) is 12.7 Å². The van der Waals surface area contributed by atoms with Crippen molar-refractivity contribution in [3.8, 4) is 0 Å². The number of hydrogen-bond donors (Lipinski definition) is 0. The lowest BCUT2D eigenvalue weighted by atomic mass is 9.98. The number of alkyl halides is 1. The van der Waals surface area contributed by atoms with Gasteiger partial charge in [0, 0.05) is 11.3 Å². The summed E-state index contributed by atoms with van der Waals surface area (Å²) in [5, 5.41) is 0. The summed E-state index contributed by atoms with van der Waals surface area (Å²) < 4.78 is 5.56. The molecule has 0 heterocycles. The van der Waals surface area contributed by atoms with Crippen LogP contribution in [0.25, 0.3) is 0 Å². The molecule has 0 aliphatic carbocycles. The van der Waals surface area contributed by atoms with Crippen LogP contribution in [0.1, 0.15) is 34.1 Å². The van der Waals surface area contributed by atoms with E-state index in [4.69, 9.17) is 16.3 Å². The van der Waals surface area contributed by atoms with Crippen LogP contribution in [0.15, 0.2) is 0 Å². The first-order valence-electron chi connectivity index (χ1n) is 4.19. The predicted octanol–water partition coefficient (Wildman–Crippen LogP) is 3.07. The van der Waals surface area contributed by atoms with Crippen LogP contribution in [0.5, 0.6) is 0 Å². The fourth-order valence-electron chi connectivity index (χ4n) is 0.524. The van der Waals surface area contributed by atoms with E-state index in [0.29, 0.717) is 12.0 Å². The highest BCUT2D eigenvalue weighted by atomic mass is 35.5. The topological polar surface area (TPSA) is 9.23 Å². The number of halogens is 1. The van der Waals surface area contributed by atoms with Gasteiger partial charge in [0.1, 0.15) is 0 Å². The SMILES string of the molecule is CCC(C)OCC(C)(C)CCl. The Balaban J connectivity index is 3.52. The lowest BCUT2D eigenvalue weighted by Crippen LogP contribution is -2.24. The summed E-state index contributed by atoms with van der Waals surface area (Å²) in [5.74, 6) is 0.656. The molecule has 0 aliphatic heterocycles. The second-order valence-corrected chi connectivity index (χ2v) is 4.09. The highest BCUT2D eigenvalue weighted by Gasteiger charge is 2.17. The van der Waals surface area contributed by atoms with Crippen molar-refractivity contribution in [2.75, 3.05) is 12.5 Å². The molecule has 0 aliphatic rings. The summed E-state index contributed by atoms with van der Waals surface area (Å²) in [5.41, 5.74) is 0.116. The van der Waals surface area contributed by atoms with Gasteiger partial charge in [-0.05, 0) is 13.3 Å². The van der Waals surface area contributed by atoms with E-state index < -0.39 is 0 Å². The molecule has 0 fully saturated rings. The molecule has 0 amide bonds. The van der Waals surface area contributed by atoms with Crippen molar-refractivity contribution >= 4 is 11.6 Å². The largest absolute Gasteiger partial charge is 0.378 e. The Labute approximate surface area is 75.1 Å². The fraction of sp³-hybridized carbons (Fsp3) is 1.00. The van der Waals surface area contributed by atoms with E-state index in [0.717, 1.165) is 13.0 Å². The number of hydrogen-bond acceptors (Lipinski definition) is 1. The van der Waals surface area contributed by atoms with Gasteiger partial charge >= 0.3 is 0 Å². The smallest absolute Gasteiger partial charge is 0.0544 e. The molecule has 0 saturated heterocycles. The van der Waals surface area contributed by atoms with Crippen molar-refractivity contribution in [2.24, 2.45) is 5.41 Å². The molecule has 2 heteroatoms. The monoisotopic (exact) mass is 178 g/mol. The predicted molar refractivity (Wildman–Crippen MR) is 50.2 cm³/mol. The van der Waals surface area contributed by atoms with Crippen LogP contribution in [-0.4, -0.2) is 18.6 Å².